The highest BCUT2D eigenvalue weighted by molar-refractivity contribution is 9.10. The Morgan fingerprint density at radius 1 is 1.53 bits per heavy atom. The minimum absolute atomic E-state index is 0.126. The van der Waals surface area contributed by atoms with Gasteiger partial charge < -0.3 is 10.0 Å². The van der Waals surface area contributed by atoms with E-state index >= 15 is 0 Å². The maximum absolute atomic E-state index is 13.5. The molecule has 0 aromatic heterocycles. The normalized spacial score (nSPS) is 10.7. The number of halogens is 2. The van der Waals surface area contributed by atoms with Crippen LogP contribution >= 0.6 is 15.9 Å². The molecule has 0 fully saturated rings. The highest BCUT2D eigenvalue weighted by Crippen LogP contribution is 2.16. The van der Waals surface area contributed by atoms with E-state index in [4.69, 9.17) is 5.11 Å². The third-order valence-electron chi connectivity index (χ3n) is 2.39. The fourth-order valence-corrected chi connectivity index (χ4v) is 1.86. The van der Waals surface area contributed by atoms with Crippen molar-refractivity contribution < 1.29 is 14.3 Å². The number of hydrogen-bond acceptors (Lipinski definition) is 2. The Morgan fingerprint density at radius 2 is 2.26 bits per heavy atom. The first kappa shape index (κ1) is 15.6. The Bertz CT molecular complexity index is 488. The van der Waals surface area contributed by atoms with E-state index in [1.807, 2.05) is 0 Å². The first-order valence-electron chi connectivity index (χ1n) is 5.72. The number of carbonyl (C=O) groups excluding carboxylic acids is 1. The average Bonchev–Trinajstić information content (AvgIpc) is 2.39. The molecule has 5 heteroatoms. The lowest BCUT2D eigenvalue weighted by atomic mass is 10.2. The van der Waals surface area contributed by atoms with Gasteiger partial charge >= 0.3 is 0 Å². The van der Waals surface area contributed by atoms with Crippen LogP contribution in [0.1, 0.15) is 5.56 Å². The molecule has 0 unspecified atom stereocenters. The van der Waals surface area contributed by atoms with Gasteiger partial charge in [-0.05, 0) is 24.3 Å². The maximum atomic E-state index is 13.5. The van der Waals surface area contributed by atoms with E-state index in [0.717, 1.165) is 4.47 Å². The average molecular weight is 328 g/mol. The highest BCUT2D eigenvalue weighted by atomic mass is 79.9. The fraction of sp³-hybridized carbons (Fsp3) is 0.214. The largest absolute Gasteiger partial charge is 0.395 e. The second kappa shape index (κ2) is 7.86. The standard InChI is InChI=1S/C14H15BrFNO2/c1-2-7-17(8-9-18)14(19)6-3-11-10-12(15)4-5-13(11)16/h2-6,10,18H,1,7-9H2/b6-3+. The predicted molar refractivity (Wildman–Crippen MR) is 77.0 cm³/mol. The number of carbonyl (C=O) groups is 1. The number of benzene rings is 1. The lowest BCUT2D eigenvalue weighted by molar-refractivity contribution is -0.125. The van der Waals surface area contributed by atoms with Crippen molar-refractivity contribution in [3.63, 3.8) is 0 Å². The van der Waals surface area contributed by atoms with E-state index in [0.29, 0.717) is 12.1 Å². The van der Waals surface area contributed by atoms with Crippen LogP contribution in [-0.2, 0) is 4.79 Å². The number of hydrogen-bond donors (Lipinski definition) is 1. The van der Waals surface area contributed by atoms with Crippen molar-refractivity contribution in [3.8, 4) is 0 Å². The van der Waals surface area contributed by atoms with Crippen molar-refractivity contribution >= 4 is 27.9 Å². The van der Waals surface area contributed by atoms with Crippen LogP contribution in [0.3, 0.4) is 0 Å². The number of aliphatic hydroxyl groups excluding tert-OH is 1. The monoisotopic (exact) mass is 327 g/mol. The molecule has 0 saturated heterocycles. The lowest BCUT2D eigenvalue weighted by Gasteiger charge is -2.17. The Kier molecular flexibility index (Phi) is 6.45. The number of amides is 1. The molecule has 1 aromatic rings. The number of nitrogens with zero attached hydrogens (tertiary/aromatic N) is 1. The molecular weight excluding hydrogens is 313 g/mol. The van der Waals surface area contributed by atoms with Gasteiger partial charge in [-0.2, -0.15) is 0 Å². The van der Waals surface area contributed by atoms with E-state index < -0.39 is 5.82 Å². The molecule has 0 heterocycles. The molecule has 0 aliphatic rings. The number of rotatable bonds is 6. The molecule has 19 heavy (non-hydrogen) atoms. The van der Waals surface area contributed by atoms with Gasteiger partial charge in [-0.15, -0.1) is 6.58 Å². The van der Waals surface area contributed by atoms with Crippen LogP contribution < -0.4 is 0 Å². The molecule has 0 radical (unpaired) electrons. The third kappa shape index (κ3) is 4.96. The van der Waals surface area contributed by atoms with Gasteiger partial charge in [0.15, 0.2) is 0 Å². The number of aliphatic hydroxyl groups is 1. The van der Waals surface area contributed by atoms with E-state index in [9.17, 15) is 9.18 Å². The molecule has 3 nitrogen and oxygen atoms in total. The Hall–Kier alpha value is -1.46. The molecular formula is C14H15BrFNO2. The fourth-order valence-electron chi connectivity index (χ4n) is 1.48. The van der Waals surface area contributed by atoms with Crippen LogP contribution in [0.2, 0.25) is 0 Å². The van der Waals surface area contributed by atoms with Gasteiger partial charge in [0.1, 0.15) is 5.82 Å². The molecule has 0 bridgehead atoms. The summed E-state index contributed by atoms with van der Waals surface area (Å²) in [6.45, 7) is 3.97. The van der Waals surface area contributed by atoms with Gasteiger partial charge in [0.05, 0.1) is 6.61 Å². The Balaban J connectivity index is 2.81. The SMILES string of the molecule is C=CCN(CCO)C(=O)/C=C/c1cc(Br)ccc1F. The molecule has 102 valence electrons. The summed E-state index contributed by atoms with van der Waals surface area (Å²) in [5.41, 5.74) is 0.324. The van der Waals surface area contributed by atoms with E-state index in [2.05, 4.69) is 22.5 Å². The quantitative estimate of drug-likeness (QED) is 0.644. The lowest BCUT2D eigenvalue weighted by Crippen LogP contribution is -2.32. The molecule has 0 saturated carbocycles. The van der Waals surface area contributed by atoms with Crippen LogP contribution in [0.15, 0.2) is 41.4 Å². The first-order valence-corrected chi connectivity index (χ1v) is 6.51. The summed E-state index contributed by atoms with van der Waals surface area (Å²) in [5.74, 6) is -0.696. The second-order valence-corrected chi connectivity index (χ2v) is 4.71. The highest BCUT2D eigenvalue weighted by Gasteiger charge is 2.08. The zero-order chi connectivity index (χ0) is 14.3. The summed E-state index contributed by atoms with van der Waals surface area (Å²) in [6, 6.07) is 4.50. The first-order chi connectivity index (χ1) is 9.08. The molecule has 1 N–H and O–H groups in total. The van der Waals surface area contributed by atoms with E-state index in [-0.39, 0.29) is 19.1 Å². The summed E-state index contributed by atoms with van der Waals surface area (Å²) >= 11 is 3.24. The molecule has 1 aromatic carbocycles. The molecule has 1 amide bonds. The van der Waals surface area contributed by atoms with Gasteiger partial charge in [0, 0.05) is 29.2 Å². The zero-order valence-corrected chi connectivity index (χ0v) is 11.9. The van der Waals surface area contributed by atoms with Gasteiger partial charge in [-0.3, -0.25) is 4.79 Å². The van der Waals surface area contributed by atoms with Gasteiger partial charge in [-0.25, -0.2) is 4.39 Å². The Labute approximate surface area is 120 Å². The van der Waals surface area contributed by atoms with Crippen LogP contribution in [0.5, 0.6) is 0 Å². The Morgan fingerprint density at radius 3 is 2.89 bits per heavy atom. The molecule has 0 spiro atoms. The molecule has 0 aliphatic carbocycles. The van der Waals surface area contributed by atoms with Gasteiger partial charge in [0.2, 0.25) is 5.91 Å². The van der Waals surface area contributed by atoms with Gasteiger partial charge in [-0.1, -0.05) is 22.0 Å². The van der Waals surface area contributed by atoms with Crippen LogP contribution in [0.4, 0.5) is 4.39 Å². The molecule has 1 rings (SSSR count). The summed E-state index contributed by atoms with van der Waals surface area (Å²) in [5, 5.41) is 8.86. The van der Waals surface area contributed by atoms with Crippen molar-refractivity contribution in [1.29, 1.82) is 0 Å². The zero-order valence-electron chi connectivity index (χ0n) is 10.4. The van der Waals surface area contributed by atoms with E-state index in [1.165, 1.54) is 23.1 Å². The minimum Gasteiger partial charge on any atom is -0.395 e. The topological polar surface area (TPSA) is 40.5 Å². The third-order valence-corrected chi connectivity index (χ3v) is 2.89. The van der Waals surface area contributed by atoms with Gasteiger partial charge in [0.25, 0.3) is 0 Å². The summed E-state index contributed by atoms with van der Waals surface area (Å²) < 4.78 is 14.2. The smallest absolute Gasteiger partial charge is 0.246 e. The second-order valence-electron chi connectivity index (χ2n) is 3.80. The summed E-state index contributed by atoms with van der Waals surface area (Å²) in [7, 11) is 0. The van der Waals surface area contributed by atoms with Crippen LogP contribution in [0.25, 0.3) is 6.08 Å². The van der Waals surface area contributed by atoms with Crippen molar-refractivity contribution in [1.82, 2.24) is 4.90 Å². The molecule has 0 atom stereocenters. The van der Waals surface area contributed by atoms with Crippen molar-refractivity contribution in [2.45, 2.75) is 0 Å². The van der Waals surface area contributed by atoms with Crippen LogP contribution in [-0.4, -0.2) is 35.6 Å². The van der Waals surface area contributed by atoms with Crippen molar-refractivity contribution in [2.75, 3.05) is 19.7 Å². The summed E-state index contributed by atoms with van der Waals surface area (Å²) in [6.07, 6.45) is 4.26. The summed E-state index contributed by atoms with van der Waals surface area (Å²) in [4.78, 5) is 13.3. The van der Waals surface area contributed by atoms with Crippen molar-refractivity contribution in [2.24, 2.45) is 0 Å². The minimum atomic E-state index is -0.398. The van der Waals surface area contributed by atoms with E-state index in [1.54, 1.807) is 18.2 Å². The molecule has 0 aliphatic heterocycles. The predicted octanol–water partition coefficient (Wildman–Crippen LogP) is 2.61. The van der Waals surface area contributed by atoms with Crippen molar-refractivity contribution in [3.05, 3.63) is 52.8 Å². The maximum Gasteiger partial charge on any atom is 0.246 e. The van der Waals surface area contributed by atoms with Crippen LogP contribution in [0, 0.1) is 5.82 Å².